The van der Waals surface area contributed by atoms with Gasteiger partial charge in [-0.1, -0.05) is 0 Å². The van der Waals surface area contributed by atoms with Crippen LogP contribution in [-0.2, 0) is 4.74 Å². The molecule has 0 spiro atoms. The van der Waals surface area contributed by atoms with Crippen LogP contribution in [0.15, 0.2) is 18.2 Å². The van der Waals surface area contributed by atoms with Gasteiger partial charge in [0, 0.05) is 37.0 Å². The van der Waals surface area contributed by atoms with Gasteiger partial charge >= 0.3 is 0 Å². The molecule has 0 amide bonds. The number of ether oxygens (including phenoxy) is 1. The number of rotatable bonds is 3. The molecule has 1 saturated heterocycles. The smallest absolute Gasteiger partial charge is 0.269 e. The van der Waals surface area contributed by atoms with E-state index >= 15 is 0 Å². The minimum absolute atomic E-state index is 0.107. The Kier molecular flexibility index (Phi) is 3.88. The van der Waals surface area contributed by atoms with E-state index in [9.17, 15) is 14.5 Å². The summed E-state index contributed by atoms with van der Waals surface area (Å²) in [5, 5.41) is 10.7. The molecule has 1 aromatic carbocycles. The molecule has 18 heavy (non-hydrogen) atoms. The van der Waals surface area contributed by atoms with Crippen LogP contribution in [0, 0.1) is 21.8 Å². The molecule has 1 heterocycles. The Morgan fingerprint density at radius 2 is 2.11 bits per heavy atom. The first-order chi connectivity index (χ1) is 8.59. The topological polar surface area (TPSA) is 78.4 Å². The molecule has 1 aromatic rings. The van der Waals surface area contributed by atoms with Crippen molar-refractivity contribution in [1.29, 1.82) is 0 Å². The lowest BCUT2D eigenvalue weighted by Gasteiger charge is -2.27. The van der Waals surface area contributed by atoms with Crippen molar-refractivity contribution >= 4 is 5.69 Å². The zero-order valence-electron chi connectivity index (χ0n) is 9.84. The molecule has 1 fully saturated rings. The summed E-state index contributed by atoms with van der Waals surface area (Å²) in [6.45, 7) is 1.21. The van der Waals surface area contributed by atoms with Gasteiger partial charge in [0.1, 0.15) is 5.82 Å². The van der Waals surface area contributed by atoms with Crippen molar-refractivity contribution in [2.24, 2.45) is 11.7 Å². The average Bonchev–Trinajstić information content (AvgIpc) is 2.39. The van der Waals surface area contributed by atoms with E-state index in [1.807, 2.05) is 0 Å². The molecular weight excluding hydrogens is 239 g/mol. The van der Waals surface area contributed by atoms with E-state index in [0.29, 0.717) is 13.2 Å². The standard InChI is InChI=1S/C12H15FN2O3/c13-11-2-1-9(15(16)17)7-10(11)12(14)8-3-5-18-6-4-8/h1-2,7-8,12H,3-6,14H2/t12-/m1/s1. The number of benzene rings is 1. The monoisotopic (exact) mass is 254 g/mol. The number of nitrogens with zero attached hydrogens (tertiary/aromatic N) is 1. The van der Waals surface area contributed by atoms with Gasteiger partial charge in [0.2, 0.25) is 0 Å². The maximum Gasteiger partial charge on any atom is 0.269 e. The number of nitro groups is 1. The molecule has 0 aromatic heterocycles. The summed E-state index contributed by atoms with van der Waals surface area (Å²) < 4.78 is 18.9. The zero-order valence-corrected chi connectivity index (χ0v) is 9.84. The van der Waals surface area contributed by atoms with Gasteiger partial charge in [-0.3, -0.25) is 10.1 Å². The van der Waals surface area contributed by atoms with Crippen LogP contribution in [0.3, 0.4) is 0 Å². The van der Waals surface area contributed by atoms with E-state index in [1.165, 1.54) is 6.07 Å². The molecule has 1 aliphatic heterocycles. The molecule has 1 aliphatic rings. The van der Waals surface area contributed by atoms with E-state index in [1.54, 1.807) is 0 Å². The third-order valence-electron chi connectivity index (χ3n) is 3.32. The van der Waals surface area contributed by atoms with Crippen LogP contribution in [0.1, 0.15) is 24.4 Å². The van der Waals surface area contributed by atoms with Gasteiger partial charge in [0.15, 0.2) is 0 Å². The predicted octanol–water partition coefficient (Wildman–Crippen LogP) is 2.16. The highest BCUT2D eigenvalue weighted by molar-refractivity contribution is 5.37. The highest BCUT2D eigenvalue weighted by Gasteiger charge is 2.25. The second-order valence-corrected chi connectivity index (χ2v) is 4.44. The Balaban J connectivity index is 2.25. The molecule has 0 bridgehead atoms. The second-order valence-electron chi connectivity index (χ2n) is 4.44. The molecule has 98 valence electrons. The number of nitrogens with two attached hydrogens (primary N) is 1. The molecule has 0 aliphatic carbocycles. The SMILES string of the molecule is N[C@@H](c1cc([N+](=O)[O-])ccc1F)C1CCOCC1. The number of non-ortho nitro benzene ring substituents is 1. The summed E-state index contributed by atoms with van der Waals surface area (Å²) in [4.78, 5) is 10.1. The third-order valence-corrected chi connectivity index (χ3v) is 3.32. The van der Waals surface area contributed by atoms with E-state index in [4.69, 9.17) is 10.5 Å². The van der Waals surface area contributed by atoms with Gasteiger partial charge in [0.25, 0.3) is 5.69 Å². The van der Waals surface area contributed by atoms with Gasteiger partial charge in [-0.05, 0) is 24.8 Å². The number of hydrogen-bond donors (Lipinski definition) is 1. The summed E-state index contributed by atoms with van der Waals surface area (Å²) in [6, 6.07) is 2.96. The van der Waals surface area contributed by atoms with Crippen LogP contribution < -0.4 is 5.73 Å². The molecule has 0 radical (unpaired) electrons. The fraction of sp³-hybridized carbons (Fsp3) is 0.500. The molecule has 2 N–H and O–H groups in total. The number of nitro benzene ring substituents is 1. The number of halogens is 1. The van der Waals surface area contributed by atoms with Crippen molar-refractivity contribution < 1.29 is 14.1 Å². The van der Waals surface area contributed by atoms with Crippen molar-refractivity contribution in [1.82, 2.24) is 0 Å². The Hall–Kier alpha value is -1.53. The molecule has 5 nitrogen and oxygen atoms in total. The van der Waals surface area contributed by atoms with Crippen molar-refractivity contribution in [2.75, 3.05) is 13.2 Å². The lowest BCUT2D eigenvalue weighted by Crippen LogP contribution is -2.28. The first-order valence-corrected chi connectivity index (χ1v) is 5.86. The third kappa shape index (κ3) is 2.65. The highest BCUT2D eigenvalue weighted by atomic mass is 19.1. The summed E-state index contributed by atoms with van der Waals surface area (Å²) in [5.74, 6) is -0.380. The van der Waals surface area contributed by atoms with E-state index in [-0.39, 0.29) is 17.2 Å². The molecule has 0 unspecified atom stereocenters. The fourth-order valence-corrected chi connectivity index (χ4v) is 2.23. The molecular formula is C12H15FN2O3. The molecule has 6 heteroatoms. The fourth-order valence-electron chi connectivity index (χ4n) is 2.23. The van der Waals surface area contributed by atoms with Crippen molar-refractivity contribution in [3.8, 4) is 0 Å². The van der Waals surface area contributed by atoms with Gasteiger partial charge in [-0.15, -0.1) is 0 Å². The Bertz CT molecular complexity index is 447. The average molecular weight is 254 g/mol. The highest BCUT2D eigenvalue weighted by Crippen LogP contribution is 2.31. The summed E-state index contributed by atoms with van der Waals surface area (Å²) in [5.41, 5.74) is 6.11. The maximum absolute atomic E-state index is 13.7. The lowest BCUT2D eigenvalue weighted by atomic mass is 9.87. The molecule has 2 rings (SSSR count). The van der Waals surface area contributed by atoms with Gasteiger partial charge in [-0.2, -0.15) is 0 Å². The normalized spacial score (nSPS) is 18.6. The van der Waals surface area contributed by atoms with Crippen LogP contribution in [0.5, 0.6) is 0 Å². The van der Waals surface area contributed by atoms with Crippen LogP contribution >= 0.6 is 0 Å². The van der Waals surface area contributed by atoms with Crippen molar-refractivity contribution in [3.63, 3.8) is 0 Å². The van der Waals surface area contributed by atoms with Crippen LogP contribution in [-0.4, -0.2) is 18.1 Å². The summed E-state index contributed by atoms with van der Waals surface area (Å²) >= 11 is 0. The predicted molar refractivity (Wildman–Crippen MR) is 63.5 cm³/mol. The first kappa shape index (κ1) is 12.9. The quantitative estimate of drug-likeness (QED) is 0.662. The Labute approximate surface area is 104 Å². The second kappa shape index (κ2) is 5.41. The van der Waals surface area contributed by atoms with E-state index in [2.05, 4.69) is 0 Å². The van der Waals surface area contributed by atoms with Crippen LogP contribution in [0.2, 0.25) is 0 Å². The van der Waals surface area contributed by atoms with Crippen molar-refractivity contribution in [3.05, 3.63) is 39.7 Å². The minimum atomic E-state index is -0.542. The van der Waals surface area contributed by atoms with Gasteiger partial charge in [-0.25, -0.2) is 4.39 Å². The summed E-state index contributed by atoms with van der Waals surface area (Å²) in [7, 11) is 0. The van der Waals surface area contributed by atoms with Crippen LogP contribution in [0.25, 0.3) is 0 Å². The van der Waals surface area contributed by atoms with Gasteiger partial charge in [0.05, 0.1) is 4.92 Å². The Morgan fingerprint density at radius 3 is 2.72 bits per heavy atom. The first-order valence-electron chi connectivity index (χ1n) is 5.86. The zero-order chi connectivity index (χ0) is 13.1. The van der Waals surface area contributed by atoms with E-state index < -0.39 is 16.8 Å². The van der Waals surface area contributed by atoms with Crippen molar-refractivity contribution in [2.45, 2.75) is 18.9 Å². The maximum atomic E-state index is 13.7. The lowest BCUT2D eigenvalue weighted by molar-refractivity contribution is -0.385. The molecule has 1 atom stereocenters. The minimum Gasteiger partial charge on any atom is -0.381 e. The Morgan fingerprint density at radius 1 is 1.44 bits per heavy atom. The van der Waals surface area contributed by atoms with E-state index in [0.717, 1.165) is 25.0 Å². The largest absolute Gasteiger partial charge is 0.381 e. The molecule has 0 saturated carbocycles. The number of hydrogen-bond acceptors (Lipinski definition) is 4. The summed E-state index contributed by atoms with van der Waals surface area (Å²) in [6.07, 6.45) is 1.51. The van der Waals surface area contributed by atoms with Crippen LogP contribution in [0.4, 0.5) is 10.1 Å². The van der Waals surface area contributed by atoms with Gasteiger partial charge < -0.3 is 10.5 Å².